The number of hydrogen-bond acceptors (Lipinski definition) is 3. The molecule has 0 spiro atoms. The van der Waals surface area contributed by atoms with E-state index in [4.69, 9.17) is 5.11 Å². The van der Waals surface area contributed by atoms with Gasteiger partial charge in [0.15, 0.2) is 0 Å². The number of nitrogens with zero attached hydrogens (tertiary/aromatic N) is 1. The lowest BCUT2D eigenvalue weighted by Crippen LogP contribution is -2.51. The fourth-order valence-electron chi connectivity index (χ4n) is 1.86. The van der Waals surface area contributed by atoms with E-state index in [1.165, 1.54) is 0 Å². The summed E-state index contributed by atoms with van der Waals surface area (Å²) in [5.41, 5.74) is 0. The van der Waals surface area contributed by atoms with E-state index < -0.39 is 5.97 Å². The molecule has 1 rings (SSSR count). The molecule has 1 saturated heterocycles. The summed E-state index contributed by atoms with van der Waals surface area (Å²) in [7, 11) is 0. The molecular formula is C12H22N2O3S. The predicted octanol–water partition coefficient (Wildman–Crippen LogP) is 1.63. The molecular weight excluding hydrogens is 252 g/mol. The number of aliphatic carboxylic acids is 1. The van der Waals surface area contributed by atoms with Crippen molar-refractivity contribution in [1.29, 1.82) is 0 Å². The van der Waals surface area contributed by atoms with Gasteiger partial charge in [-0.1, -0.05) is 13.8 Å². The van der Waals surface area contributed by atoms with Crippen molar-refractivity contribution in [2.45, 2.75) is 32.7 Å². The molecule has 1 aliphatic rings. The van der Waals surface area contributed by atoms with E-state index >= 15 is 0 Å². The molecule has 1 aliphatic heterocycles. The first-order valence-corrected chi connectivity index (χ1v) is 7.50. The van der Waals surface area contributed by atoms with Crippen LogP contribution >= 0.6 is 11.8 Å². The van der Waals surface area contributed by atoms with Crippen molar-refractivity contribution in [3.63, 3.8) is 0 Å². The normalized spacial score (nSPS) is 19.9. The molecule has 0 aromatic heterocycles. The number of rotatable bonds is 5. The molecule has 1 heterocycles. The summed E-state index contributed by atoms with van der Waals surface area (Å²) in [6.07, 6.45) is 0.975. The molecule has 0 aliphatic carbocycles. The SMILES string of the molecule is CC(C)CCNC(=O)N1CCSCC1CC(=O)O. The van der Waals surface area contributed by atoms with Gasteiger partial charge in [0.1, 0.15) is 0 Å². The molecule has 0 aromatic carbocycles. The van der Waals surface area contributed by atoms with Crippen LogP contribution in [-0.2, 0) is 4.79 Å². The van der Waals surface area contributed by atoms with Crippen LogP contribution in [0.3, 0.4) is 0 Å². The second-order valence-electron chi connectivity index (χ2n) is 4.93. The molecule has 104 valence electrons. The number of thioether (sulfide) groups is 1. The second kappa shape index (κ2) is 7.51. The zero-order chi connectivity index (χ0) is 13.5. The summed E-state index contributed by atoms with van der Waals surface area (Å²) in [5, 5.41) is 11.7. The highest BCUT2D eigenvalue weighted by Gasteiger charge is 2.28. The third-order valence-electron chi connectivity index (χ3n) is 2.90. The fourth-order valence-corrected chi connectivity index (χ4v) is 2.92. The molecule has 1 atom stereocenters. The quantitative estimate of drug-likeness (QED) is 0.799. The van der Waals surface area contributed by atoms with Crippen molar-refractivity contribution in [1.82, 2.24) is 10.2 Å². The number of carbonyl (C=O) groups excluding carboxylic acids is 1. The summed E-state index contributed by atoms with van der Waals surface area (Å²) >= 11 is 1.71. The minimum Gasteiger partial charge on any atom is -0.481 e. The summed E-state index contributed by atoms with van der Waals surface area (Å²) in [6, 6.07) is -0.303. The summed E-state index contributed by atoms with van der Waals surface area (Å²) in [4.78, 5) is 24.4. The third-order valence-corrected chi connectivity index (χ3v) is 3.99. The maximum absolute atomic E-state index is 12.0. The number of hydrogen-bond donors (Lipinski definition) is 2. The fraction of sp³-hybridized carbons (Fsp3) is 0.833. The van der Waals surface area contributed by atoms with Gasteiger partial charge in [0.05, 0.1) is 12.5 Å². The van der Waals surface area contributed by atoms with Gasteiger partial charge in [-0.15, -0.1) is 0 Å². The Hall–Kier alpha value is -0.910. The molecule has 2 N–H and O–H groups in total. The van der Waals surface area contributed by atoms with E-state index in [0.717, 1.165) is 12.2 Å². The van der Waals surface area contributed by atoms with E-state index in [1.54, 1.807) is 16.7 Å². The van der Waals surface area contributed by atoms with Gasteiger partial charge >= 0.3 is 12.0 Å². The first-order chi connectivity index (χ1) is 8.50. The lowest BCUT2D eigenvalue weighted by Gasteiger charge is -2.34. The summed E-state index contributed by atoms with van der Waals surface area (Å²) in [5.74, 6) is 1.30. The van der Waals surface area contributed by atoms with Crippen molar-refractivity contribution < 1.29 is 14.7 Å². The Balaban J connectivity index is 2.44. The van der Waals surface area contributed by atoms with Gasteiger partial charge in [-0.05, 0) is 12.3 Å². The molecule has 0 saturated carbocycles. The zero-order valence-corrected chi connectivity index (χ0v) is 11.8. The maximum atomic E-state index is 12.0. The smallest absolute Gasteiger partial charge is 0.317 e. The van der Waals surface area contributed by atoms with Gasteiger partial charge in [-0.2, -0.15) is 11.8 Å². The molecule has 2 amide bonds. The van der Waals surface area contributed by atoms with E-state index in [0.29, 0.717) is 24.8 Å². The molecule has 0 aromatic rings. The van der Waals surface area contributed by atoms with Gasteiger partial charge in [0, 0.05) is 24.6 Å². The van der Waals surface area contributed by atoms with Crippen LogP contribution in [0.2, 0.25) is 0 Å². The second-order valence-corrected chi connectivity index (χ2v) is 6.08. The first kappa shape index (κ1) is 15.1. The van der Waals surface area contributed by atoms with Crippen molar-refractivity contribution in [3.8, 4) is 0 Å². The average Bonchev–Trinajstić information content (AvgIpc) is 2.28. The van der Waals surface area contributed by atoms with Crippen LogP contribution in [0.4, 0.5) is 4.79 Å². The largest absolute Gasteiger partial charge is 0.481 e. The van der Waals surface area contributed by atoms with E-state index in [2.05, 4.69) is 19.2 Å². The van der Waals surface area contributed by atoms with Gasteiger partial charge in [0.2, 0.25) is 0 Å². The Bertz CT molecular complexity index is 297. The van der Waals surface area contributed by atoms with Crippen LogP contribution < -0.4 is 5.32 Å². The molecule has 0 radical (unpaired) electrons. The van der Waals surface area contributed by atoms with Crippen LogP contribution in [0, 0.1) is 5.92 Å². The van der Waals surface area contributed by atoms with Gasteiger partial charge < -0.3 is 15.3 Å². The molecule has 18 heavy (non-hydrogen) atoms. The summed E-state index contributed by atoms with van der Waals surface area (Å²) in [6.45, 7) is 5.50. The molecule has 6 heteroatoms. The van der Waals surface area contributed by atoms with Crippen LogP contribution in [-0.4, -0.2) is 52.6 Å². The number of urea groups is 1. The van der Waals surface area contributed by atoms with Gasteiger partial charge in [-0.3, -0.25) is 4.79 Å². The molecule has 1 fully saturated rings. The highest BCUT2D eigenvalue weighted by Crippen LogP contribution is 2.19. The van der Waals surface area contributed by atoms with Crippen LogP contribution in [0.5, 0.6) is 0 Å². The number of amides is 2. The maximum Gasteiger partial charge on any atom is 0.317 e. The predicted molar refractivity (Wildman–Crippen MR) is 72.9 cm³/mol. The van der Waals surface area contributed by atoms with Crippen LogP contribution in [0.25, 0.3) is 0 Å². The van der Waals surface area contributed by atoms with E-state index in [9.17, 15) is 9.59 Å². The number of carbonyl (C=O) groups is 2. The molecule has 0 bridgehead atoms. The Morgan fingerprint density at radius 1 is 1.50 bits per heavy atom. The Morgan fingerprint density at radius 3 is 2.83 bits per heavy atom. The Labute approximate surface area is 112 Å². The van der Waals surface area contributed by atoms with Crippen molar-refractivity contribution >= 4 is 23.8 Å². The van der Waals surface area contributed by atoms with Crippen LogP contribution in [0.15, 0.2) is 0 Å². The van der Waals surface area contributed by atoms with Crippen molar-refractivity contribution in [3.05, 3.63) is 0 Å². The minimum atomic E-state index is -0.845. The minimum absolute atomic E-state index is 0.0323. The Morgan fingerprint density at radius 2 is 2.22 bits per heavy atom. The number of carboxylic acid groups (broad SMARTS) is 1. The van der Waals surface area contributed by atoms with Gasteiger partial charge in [-0.25, -0.2) is 4.79 Å². The van der Waals surface area contributed by atoms with Crippen molar-refractivity contribution in [2.75, 3.05) is 24.6 Å². The number of carboxylic acids is 1. The molecule has 1 unspecified atom stereocenters. The standard InChI is InChI=1S/C12H22N2O3S/c1-9(2)3-4-13-12(17)14-5-6-18-8-10(14)7-11(15)16/h9-10H,3-8H2,1-2H3,(H,13,17)(H,15,16). The lowest BCUT2D eigenvalue weighted by atomic mass is 10.1. The van der Waals surface area contributed by atoms with Crippen LogP contribution in [0.1, 0.15) is 26.7 Å². The monoisotopic (exact) mass is 274 g/mol. The highest BCUT2D eigenvalue weighted by molar-refractivity contribution is 7.99. The van der Waals surface area contributed by atoms with Crippen molar-refractivity contribution in [2.24, 2.45) is 5.92 Å². The lowest BCUT2D eigenvalue weighted by molar-refractivity contribution is -0.137. The third kappa shape index (κ3) is 5.16. The topological polar surface area (TPSA) is 69.6 Å². The summed E-state index contributed by atoms with van der Waals surface area (Å²) < 4.78 is 0. The Kier molecular flexibility index (Phi) is 6.32. The zero-order valence-electron chi connectivity index (χ0n) is 11.0. The van der Waals surface area contributed by atoms with E-state index in [1.807, 2.05) is 0 Å². The number of nitrogens with one attached hydrogen (secondary N) is 1. The first-order valence-electron chi connectivity index (χ1n) is 6.34. The van der Waals surface area contributed by atoms with E-state index in [-0.39, 0.29) is 18.5 Å². The average molecular weight is 274 g/mol. The molecule has 5 nitrogen and oxygen atoms in total. The van der Waals surface area contributed by atoms with Gasteiger partial charge in [0.25, 0.3) is 0 Å². The highest BCUT2D eigenvalue weighted by atomic mass is 32.2.